The molecule has 154 valence electrons. The smallest absolute Gasteiger partial charge is 0.329 e. The highest BCUT2D eigenvalue weighted by molar-refractivity contribution is 6.05. The highest BCUT2D eigenvalue weighted by atomic mass is 35.5. The molecular weight excluding hydrogens is 382 g/mol. The van der Waals surface area contributed by atoms with Gasteiger partial charge in [-0.3, -0.25) is 19.1 Å². The van der Waals surface area contributed by atoms with E-state index >= 15 is 0 Å². The van der Waals surface area contributed by atoms with Crippen LogP contribution in [0, 0.1) is 0 Å². The molecule has 3 rings (SSSR count). The van der Waals surface area contributed by atoms with Crippen LogP contribution in [0.1, 0.15) is 62.0 Å². The van der Waals surface area contributed by atoms with Crippen molar-refractivity contribution in [1.29, 1.82) is 0 Å². The zero-order valence-corrected chi connectivity index (χ0v) is 17.3. The molecule has 0 radical (unpaired) electrons. The van der Waals surface area contributed by atoms with Gasteiger partial charge in [-0.25, -0.2) is 9.78 Å². The normalized spacial score (nSPS) is 14.5. The number of nitrogens with zero attached hydrogens (tertiary/aromatic N) is 2. The number of likely N-dealkylation sites (N-methyl/N-ethyl adjacent to an activating group) is 1. The predicted molar refractivity (Wildman–Crippen MR) is 112 cm³/mol. The Hall–Kier alpha value is -2.19. The lowest BCUT2D eigenvalue weighted by Crippen LogP contribution is -2.39. The first-order chi connectivity index (χ1) is 13.0. The Labute approximate surface area is 169 Å². The largest absolute Gasteiger partial charge is 0.350 e. The zero-order chi connectivity index (χ0) is 19.6. The number of carbonyl (C=O) groups excluding carboxylic acids is 1. The molecule has 1 aliphatic carbocycles. The van der Waals surface area contributed by atoms with E-state index in [0.717, 1.165) is 31.5 Å². The number of rotatable bonds is 8. The first-order valence-corrected chi connectivity index (χ1v) is 9.65. The number of hydrogen-bond acceptors (Lipinski definition) is 5. The summed E-state index contributed by atoms with van der Waals surface area (Å²) in [4.78, 5) is 44.6. The Bertz CT molecular complexity index is 964. The molecule has 0 bridgehead atoms. The van der Waals surface area contributed by atoms with E-state index in [1.807, 2.05) is 20.8 Å². The van der Waals surface area contributed by atoms with Gasteiger partial charge in [-0.1, -0.05) is 13.8 Å². The lowest BCUT2D eigenvalue weighted by molar-refractivity contribution is 0.0951. The number of H-pyrrole nitrogens is 1. The maximum Gasteiger partial charge on any atom is 0.329 e. The third-order valence-corrected chi connectivity index (χ3v) is 4.78. The molecule has 1 aliphatic rings. The average molecular weight is 410 g/mol. The van der Waals surface area contributed by atoms with Gasteiger partial charge in [0.25, 0.3) is 11.5 Å². The number of nitrogens with one attached hydrogen (secondary N) is 3. The van der Waals surface area contributed by atoms with Crippen LogP contribution >= 0.6 is 12.4 Å². The van der Waals surface area contributed by atoms with Crippen molar-refractivity contribution in [3.05, 3.63) is 38.2 Å². The molecule has 2 heterocycles. The van der Waals surface area contributed by atoms with Crippen LogP contribution in [0.25, 0.3) is 11.0 Å². The van der Waals surface area contributed by atoms with E-state index in [4.69, 9.17) is 0 Å². The molecule has 3 N–H and O–H groups in total. The van der Waals surface area contributed by atoms with Crippen molar-refractivity contribution in [2.45, 2.75) is 58.5 Å². The van der Waals surface area contributed by atoms with Crippen LogP contribution in [0.15, 0.2) is 15.7 Å². The standard InChI is InChI=1S/C19H27N5O3.ClH/c1-4-8-24-16-15(18(26)23-19(24)27)13(9-14(22-16)12-6-7-12)17(25)21-10-11(3)20-5-2;/h9,11-12,20H,4-8,10H2,1-3H3,(H,21,25)(H,23,26,27);1H/t11-;/m1./s1. The van der Waals surface area contributed by atoms with Crippen molar-refractivity contribution < 1.29 is 4.79 Å². The third-order valence-electron chi connectivity index (χ3n) is 4.78. The van der Waals surface area contributed by atoms with E-state index in [2.05, 4.69) is 20.6 Å². The molecule has 8 nitrogen and oxygen atoms in total. The molecule has 1 amide bonds. The van der Waals surface area contributed by atoms with Crippen LogP contribution in [-0.4, -0.2) is 39.6 Å². The molecule has 0 aromatic carbocycles. The zero-order valence-electron chi connectivity index (χ0n) is 16.5. The highest BCUT2D eigenvalue weighted by Gasteiger charge is 2.28. The van der Waals surface area contributed by atoms with Crippen molar-refractivity contribution in [3.63, 3.8) is 0 Å². The Morgan fingerprint density at radius 1 is 1.36 bits per heavy atom. The van der Waals surface area contributed by atoms with Gasteiger partial charge in [-0.2, -0.15) is 0 Å². The molecule has 0 unspecified atom stereocenters. The van der Waals surface area contributed by atoms with Crippen molar-refractivity contribution in [2.75, 3.05) is 13.1 Å². The van der Waals surface area contributed by atoms with E-state index in [1.165, 1.54) is 4.57 Å². The quantitative estimate of drug-likeness (QED) is 0.612. The van der Waals surface area contributed by atoms with E-state index in [-0.39, 0.29) is 35.3 Å². The second kappa shape index (κ2) is 9.34. The van der Waals surface area contributed by atoms with Crippen molar-refractivity contribution >= 4 is 29.3 Å². The number of hydrogen-bond donors (Lipinski definition) is 3. The van der Waals surface area contributed by atoms with Crippen LogP contribution in [0.5, 0.6) is 0 Å². The molecule has 2 aromatic rings. The summed E-state index contributed by atoms with van der Waals surface area (Å²) in [7, 11) is 0. The summed E-state index contributed by atoms with van der Waals surface area (Å²) in [5, 5.41) is 6.30. The summed E-state index contributed by atoms with van der Waals surface area (Å²) in [6, 6.07) is 1.83. The van der Waals surface area contributed by atoms with Gasteiger partial charge < -0.3 is 10.6 Å². The molecule has 2 aromatic heterocycles. The minimum absolute atomic E-state index is 0. The number of amides is 1. The number of carbonyl (C=O) groups is 1. The Balaban J connectivity index is 0.00000280. The minimum Gasteiger partial charge on any atom is -0.350 e. The van der Waals surface area contributed by atoms with Crippen molar-refractivity contribution in [3.8, 4) is 0 Å². The number of halogens is 1. The number of aryl methyl sites for hydroxylation is 1. The van der Waals surface area contributed by atoms with Gasteiger partial charge in [0.15, 0.2) is 5.65 Å². The van der Waals surface area contributed by atoms with Crippen LogP contribution < -0.4 is 21.9 Å². The van der Waals surface area contributed by atoms with E-state index in [0.29, 0.717) is 24.7 Å². The molecule has 1 saturated carbocycles. The number of pyridine rings is 1. The highest BCUT2D eigenvalue weighted by Crippen LogP contribution is 2.39. The van der Waals surface area contributed by atoms with Crippen molar-refractivity contribution in [1.82, 2.24) is 25.2 Å². The van der Waals surface area contributed by atoms with E-state index in [1.54, 1.807) is 6.07 Å². The van der Waals surface area contributed by atoms with E-state index < -0.39 is 11.2 Å². The van der Waals surface area contributed by atoms with Gasteiger partial charge in [0, 0.05) is 30.7 Å². The Morgan fingerprint density at radius 3 is 2.68 bits per heavy atom. The second-order valence-electron chi connectivity index (χ2n) is 7.15. The van der Waals surface area contributed by atoms with Crippen molar-refractivity contribution in [2.24, 2.45) is 0 Å². The minimum atomic E-state index is -0.568. The fourth-order valence-electron chi connectivity index (χ4n) is 3.25. The van der Waals surface area contributed by atoms with Crippen LogP contribution in [0.3, 0.4) is 0 Å². The summed E-state index contributed by atoms with van der Waals surface area (Å²) >= 11 is 0. The first kappa shape index (κ1) is 22.1. The molecule has 28 heavy (non-hydrogen) atoms. The first-order valence-electron chi connectivity index (χ1n) is 9.65. The number of fused-ring (bicyclic) bond motifs is 1. The Kier molecular flexibility index (Phi) is 7.37. The van der Waals surface area contributed by atoms with Crippen LogP contribution in [0.4, 0.5) is 0 Å². The summed E-state index contributed by atoms with van der Waals surface area (Å²) in [5.41, 5.74) is 0.322. The molecular formula is C19H28ClN5O3. The van der Waals surface area contributed by atoms with Gasteiger partial charge in [0.1, 0.15) is 0 Å². The van der Waals surface area contributed by atoms with E-state index in [9.17, 15) is 14.4 Å². The van der Waals surface area contributed by atoms with Gasteiger partial charge in [-0.15, -0.1) is 12.4 Å². The molecule has 1 atom stereocenters. The number of aromatic amines is 1. The SMILES string of the molecule is CCCn1c(=O)[nH]c(=O)c2c(C(=O)NC[C@@H](C)NCC)cc(C3CC3)nc21.Cl. The van der Waals surface area contributed by atoms with Gasteiger partial charge in [0.05, 0.1) is 10.9 Å². The van der Waals surface area contributed by atoms with Crippen LogP contribution in [-0.2, 0) is 6.54 Å². The summed E-state index contributed by atoms with van der Waals surface area (Å²) < 4.78 is 1.46. The third kappa shape index (κ3) is 4.62. The summed E-state index contributed by atoms with van der Waals surface area (Å²) in [6.45, 7) is 7.63. The maximum absolute atomic E-state index is 12.9. The van der Waals surface area contributed by atoms with Gasteiger partial charge in [0.2, 0.25) is 0 Å². The monoisotopic (exact) mass is 409 g/mol. The molecule has 0 spiro atoms. The fourth-order valence-corrected chi connectivity index (χ4v) is 3.25. The molecule has 0 saturated heterocycles. The topological polar surface area (TPSA) is 109 Å². The summed E-state index contributed by atoms with van der Waals surface area (Å²) in [6.07, 6.45) is 2.74. The molecule has 0 aliphatic heterocycles. The van der Waals surface area contributed by atoms with Crippen LogP contribution in [0.2, 0.25) is 0 Å². The van der Waals surface area contributed by atoms with Gasteiger partial charge >= 0.3 is 5.69 Å². The lowest BCUT2D eigenvalue weighted by atomic mass is 10.1. The summed E-state index contributed by atoms with van der Waals surface area (Å²) in [5.74, 6) is -0.0210. The Morgan fingerprint density at radius 2 is 2.07 bits per heavy atom. The molecule has 9 heteroatoms. The second-order valence-corrected chi connectivity index (χ2v) is 7.15. The predicted octanol–water partition coefficient (Wildman–Crippen LogP) is 1.52. The lowest BCUT2D eigenvalue weighted by Gasteiger charge is -2.15. The number of aromatic nitrogens is 3. The fraction of sp³-hybridized carbons (Fsp3) is 0.579. The average Bonchev–Trinajstić information content (AvgIpc) is 3.47. The molecule has 1 fully saturated rings. The maximum atomic E-state index is 12.9. The van der Waals surface area contributed by atoms with Gasteiger partial charge in [-0.05, 0) is 38.8 Å².